The van der Waals surface area contributed by atoms with Crippen LogP contribution in [-0.4, -0.2) is 17.9 Å². The van der Waals surface area contributed by atoms with Crippen LogP contribution in [0.2, 0.25) is 0 Å². The Morgan fingerprint density at radius 3 is 2.54 bits per heavy atom. The Kier molecular flexibility index (Phi) is 2.64. The highest BCUT2D eigenvalue weighted by molar-refractivity contribution is 5.61. The summed E-state index contributed by atoms with van der Waals surface area (Å²) < 4.78 is 9.93. The average molecular weight is 183 g/mol. The van der Waals surface area contributed by atoms with Gasteiger partial charge in [0, 0.05) is 5.92 Å². The molecule has 1 rings (SSSR count). The largest absolute Gasteiger partial charge is 0.509 e. The van der Waals surface area contributed by atoms with Crippen LogP contribution in [0.3, 0.4) is 0 Å². The molecule has 0 aromatic carbocycles. The minimum atomic E-state index is -0.609. The summed E-state index contributed by atoms with van der Waals surface area (Å²) in [6, 6.07) is 0. The third kappa shape index (κ3) is 3.49. The molecule has 1 saturated carbocycles. The van der Waals surface area contributed by atoms with E-state index in [1.165, 1.54) is 0 Å². The molecule has 2 atom stereocenters. The molecule has 1 radical (unpaired) electrons. The summed E-state index contributed by atoms with van der Waals surface area (Å²) in [6.45, 7) is 10.7. The Morgan fingerprint density at radius 2 is 2.15 bits per heavy atom. The van der Waals surface area contributed by atoms with Gasteiger partial charge in [-0.1, -0.05) is 12.7 Å². The van der Waals surface area contributed by atoms with Gasteiger partial charge in [-0.15, -0.1) is 0 Å². The Balaban J connectivity index is 2.23. The van der Waals surface area contributed by atoms with Crippen molar-refractivity contribution in [2.75, 3.05) is 0 Å². The molecular weight excluding hydrogens is 168 g/mol. The van der Waals surface area contributed by atoms with E-state index in [-0.39, 0.29) is 12.0 Å². The maximum Gasteiger partial charge on any atom is 0.509 e. The van der Waals surface area contributed by atoms with E-state index in [0.717, 1.165) is 6.42 Å². The van der Waals surface area contributed by atoms with Crippen molar-refractivity contribution in [2.45, 2.75) is 38.9 Å². The van der Waals surface area contributed by atoms with E-state index >= 15 is 0 Å². The maximum absolute atomic E-state index is 11.1. The van der Waals surface area contributed by atoms with Gasteiger partial charge >= 0.3 is 6.16 Å². The average Bonchev–Trinajstić information content (AvgIpc) is 2.62. The van der Waals surface area contributed by atoms with E-state index in [0.29, 0.717) is 0 Å². The molecule has 3 heteroatoms. The molecular formula is C10H15O3. The Labute approximate surface area is 78.7 Å². The quantitative estimate of drug-likeness (QED) is 0.616. The summed E-state index contributed by atoms with van der Waals surface area (Å²) in [5.74, 6) is 0.215. The normalized spacial score (nSPS) is 26.4. The summed E-state index contributed by atoms with van der Waals surface area (Å²) in [5.41, 5.74) is -0.492. The highest BCUT2D eigenvalue weighted by Gasteiger charge is 2.39. The second-order valence-electron chi connectivity index (χ2n) is 4.21. The molecule has 0 amide bonds. The smallest absolute Gasteiger partial charge is 0.430 e. The minimum Gasteiger partial charge on any atom is -0.430 e. The molecule has 73 valence electrons. The van der Waals surface area contributed by atoms with Crippen LogP contribution in [0.1, 0.15) is 27.2 Å². The van der Waals surface area contributed by atoms with Crippen LogP contribution < -0.4 is 0 Å². The predicted molar refractivity (Wildman–Crippen MR) is 48.1 cm³/mol. The van der Waals surface area contributed by atoms with Gasteiger partial charge in [0.15, 0.2) is 0 Å². The fourth-order valence-electron chi connectivity index (χ4n) is 0.925. The molecule has 0 aromatic rings. The van der Waals surface area contributed by atoms with E-state index in [4.69, 9.17) is 16.1 Å². The highest BCUT2D eigenvalue weighted by Crippen LogP contribution is 2.34. The van der Waals surface area contributed by atoms with Crippen molar-refractivity contribution in [3.63, 3.8) is 0 Å². The molecule has 3 nitrogen and oxygen atoms in total. The molecule has 2 unspecified atom stereocenters. The van der Waals surface area contributed by atoms with Gasteiger partial charge < -0.3 is 9.47 Å². The standard InChI is InChI=1S/C10H15O3/c1-5-7-6-8(7)12-9(11)13-10(2,3)4/h1,5,7-8H,6H2,2-4H3. The van der Waals surface area contributed by atoms with E-state index in [1.807, 2.05) is 0 Å². The van der Waals surface area contributed by atoms with Crippen LogP contribution in [0.4, 0.5) is 4.79 Å². The summed E-state index contributed by atoms with van der Waals surface area (Å²) in [6.07, 6.45) is 1.69. The predicted octanol–water partition coefficient (Wildman–Crippen LogP) is 2.32. The van der Waals surface area contributed by atoms with Crippen molar-refractivity contribution in [1.29, 1.82) is 0 Å². The molecule has 13 heavy (non-hydrogen) atoms. The van der Waals surface area contributed by atoms with Crippen LogP contribution in [0.25, 0.3) is 0 Å². The molecule has 0 heterocycles. The number of hydrogen-bond acceptors (Lipinski definition) is 3. The maximum atomic E-state index is 11.1. The lowest BCUT2D eigenvalue weighted by Gasteiger charge is -2.18. The lowest BCUT2D eigenvalue weighted by atomic mass is 10.2. The number of hydrogen-bond donors (Lipinski definition) is 0. The minimum absolute atomic E-state index is 0.0696. The monoisotopic (exact) mass is 183 g/mol. The van der Waals surface area contributed by atoms with Crippen molar-refractivity contribution >= 4 is 6.16 Å². The zero-order chi connectivity index (χ0) is 10.1. The number of rotatable bonds is 2. The SMILES string of the molecule is [CH]=CC1CC1OC(=O)OC(C)(C)C. The molecule has 0 N–H and O–H groups in total. The van der Waals surface area contributed by atoms with Crippen LogP contribution in [0.5, 0.6) is 0 Å². The fraction of sp³-hybridized carbons (Fsp3) is 0.700. The first-order valence-electron chi connectivity index (χ1n) is 4.37. The Bertz CT molecular complexity index is 215. The van der Waals surface area contributed by atoms with Gasteiger partial charge in [0.05, 0.1) is 0 Å². The Morgan fingerprint density at radius 1 is 1.54 bits per heavy atom. The molecule has 1 fully saturated rings. The molecule has 0 aliphatic heterocycles. The first kappa shape index (κ1) is 10.1. The molecule has 0 saturated heterocycles. The number of carbonyl (C=O) groups excluding carboxylic acids is 1. The van der Waals surface area contributed by atoms with Crippen LogP contribution >= 0.6 is 0 Å². The van der Waals surface area contributed by atoms with Crippen molar-refractivity contribution in [2.24, 2.45) is 5.92 Å². The summed E-state index contributed by atoms with van der Waals surface area (Å²) >= 11 is 0. The first-order chi connectivity index (χ1) is 5.92. The van der Waals surface area contributed by atoms with Gasteiger partial charge in [0.25, 0.3) is 0 Å². The van der Waals surface area contributed by atoms with Gasteiger partial charge in [0.1, 0.15) is 11.7 Å². The summed E-state index contributed by atoms with van der Waals surface area (Å²) in [7, 11) is 0. The Hall–Kier alpha value is -0.990. The van der Waals surface area contributed by atoms with Gasteiger partial charge in [0.2, 0.25) is 0 Å². The van der Waals surface area contributed by atoms with Gasteiger partial charge in [-0.3, -0.25) is 0 Å². The summed E-state index contributed by atoms with van der Waals surface area (Å²) in [4.78, 5) is 11.1. The second-order valence-corrected chi connectivity index (χ2v) is 4.21. The van der Waals surface area contributed by atoms with Crippen molar-refractivity contribution in [3.05, 3.63) is 12.7 Å². The van der Waals surface area contributed by atoms with E-state index in [2.05, 4.69) is 0 Å². The lowest BCUT2D eigenvalue weighted by Crippen LogP contribution is -2.25. The summed E-state index contributed by atoms with van der Waals surface area (Å²) in [5, 5.41) is 0. The topological polar surface area (TPSA) is 35.5 Å². The van der Waals surface area contributed by atoms with Gasteiger partial charge in [-0.05, 0) is 27.2 Å². The lowest BCUT2D eigenvalue weighted by molar-refractivity contribution is -0.0120. The molecule has 0 spiro atoms. The third-order valence-corrected chi connectivity index (χ3v) is 1.66. The third-order valence-electron chi connectivity index (χ3n) is 1.66. The zero-order valence-electron chi connectivity index (χ0n) is 8.24. The van der Waals surface area contributed by atoms with E-state index < -0.39 is 11.8 Å². The van der Waals surface area contributed by atoms with Crippen molar-refractivity contribution in [3.8, 4) is 0 Å². The highest BCUT2D eigenvalue weighted by atomic mass is 16.7. The van der Waals surface area contributed by atoms with Gasteiger partial charge in [-0.2, -0.15) is 0 Å². The first-order valence-corrected chi connectivity index (χ1v) is 4.37. The molecule has 1 aliphatic carbocycles. The number of ether oxygens (including phenoxy) is 2. The molecule has 0 aromatic heterocycles. The van der Waals surface area contributed by atoms with E-state index in [1.54, 1.807) is 26.8 Å². The van der Waals surface area contributed by atoms with Crippen LogP contribution in [-0.2, 0) is 9.47 Å². The number of carbonyl (C=O) groups is 1. The second kappa shape index (κ2) is 3.40. The van der Waals surface area contributed by atoms with Crippen molar-refractivity contribution < 1.29 is 14.3 Å². The van der Waals surface area contributed by atoms with E-state index in [9.17, 15) is 4.79 Å². The molecule has 0 bridgehead atoms. The van der Waals surface area contributed by atoms with Gasteiger partial charge in [-0.25, -0.2) is 4.79 Å². The van der Waals surface area contributed by atoms with Crippen LogP contribution in [0, 0.1) is 12.5 Å². The van der Waals surface area contributed by atoms with Crippen LogP contribution in [0.15, 0.2) is 6.08 Å². The molecule has 1 aliphatic rings. The fourth-order valence-corrected chi connectivity index (χ4v) is 0.925. The zero-order valence-corrected chi connectivity index (χ0v) is 8.24. The van der Waals surface area contributed by atoms with Crippen molar-refractivity contribution in [1.82, 2.24) is 0 Å².